The number of amides is 2. The van der Waals surface area contributed by atoms with Crippen LogP contribution in [0, 0.1) is 17.3 Å². The Labute approximate surface area is 346 Å². The van der Waals surface area contributed by atoms with E-state index in [1.165, 1.54) is 19.2 Å². The van der Waals surface area contributed by atoms with Crippen molar-refractivity contribution in [2.45, 2.75) is 143 Å². The third kappa shape index (κ3) is 9.86. The van der Waals surface area contributed by atoms with Crippen molar-refractivity contribution in [1.29, 1.82) is 0 Å². The SMILES string of the molecule is COc1c(CC(NC(=O)C(NC(=O)OC(C)(C)C)c2c(Cl)cc(C(=O)OC(C)(C)C)cc2Cl)B2O[C@@H]3C[C@@H]4C[C@@H](C4(C)C)[C@]3(C)O2)cccc1C(=O)OC(C)(C)C. The number of rotatable bonds is 10. The van der Waals surface area contributed by atoms with Gasteiger partial charge in [-0.15, -0.1) is 0 Å². The molecule has 2 amide bonds. The number of alkyl carbamates (subject to hydrolysis) is 1. The zero-order valence-corrected chi connectivity index (χ0v) is 36.8. The molecule has 2 N–H and O–H groups in total. The fourth-order valence-electron chi connectivity index (χ4n) is 8.28. The van der Waals surface area contributed by atoms with Gasteiger partial charge in [0.15, 0.2) is 0 Å². The summed E-state index contributed by atoms with van der Waals surface area (Å²) < 4.78 is 36.1. The van der Waals surface area contributed by atoms with Crippen molar-refractivity contribution in [2.75, 3.05) is 7.11 Å². The van der Waals surface area contributed by atoms with Crippen LogP contribution in [0.25, 0.3) is 0 Å². The molecular formula is C42H57BCl2N2O10. The second-order valence-corrected chi connectivity index (χ2v) is 19.9. The molecule has 12 nitrogen and oxygen atoms in total. The van der Waals surface area contributed by atoms with Gasteiger partial charge in [-0.1, -0.05) is 49.2 Å². The number of benzene rings is 2. The minimum absolute atomic E-state index is 0.0220. The number of ether oxygens (including phenoxy) is 4. The Hall–Kier alpha value is -3.52. The fourth-order valence-corrected chi connectivity index (χ4v) is 8.98. The molecule has 1 aliphatic heterocycles. The summed E-state index contributed by atoms with van der Waals surface area (Å²) in [4.78, 5) is 54.4. The van der Waals surface area contributed by atoms with Gasteiger partial charge in [0.05, 0.1) is 30.3 Å². The topological polar surface area (TPSA) is 148 Å². The van der Waals surface area contributed by atoms with E-state index in [0.29, 0.717) is 11.5 Å². The number of carbonyl (C=O) groups is 4. The molecular weight excluding hydrogens is 774 g/mol. The Morgan fingerprint density at radius 2 is 1.44 bits per heavy atom. The van der Waals surface area contributed by atoms with Crippen molar-refractivity contribution in [2.24, 2.45) is 17.3 Å². The molecule has 3 saturated carbocycles. The maximum atomic E-state index is 14.8. The highest BCUT2D eigenvalue weighted by Gasteiger charge is 2.68. The molecule has 1 heterocycles. The van der Waals surface area contributed by atoms with Crippen molar-refractivity contribution in [3.8, 4) is 5.75 Å². The van der Waals surface area contributed by atoms with Crippen molar-refractivity contribution in [3.05, 3.63) is 62.6 Å². The van der Waals surface area contributed by atoms with Crippen molar-refractivity contribution >= 4 is 54.3 Å². The predicted octanol–water partition coefficient (Wildman–Crippen LogP) is 8.47. The van der Waals surface area contributed by atoms with Crippen molar-refractivity contribution in [1.82, 2.24) is 10.6 Å². The van der Waals surface area contributed by atoms with Crippen LogP contribution in [-0.4, -0.2) is 72.6 Å². The van der Waals surface area contributed by atoms with E-state index in [-0.39, 0.29) is 56.3 Å². The highest BCUT2D eigenvalue weighted by Crippen LogP contribution is 2.65. The van der Waals surface area contributed by atoms with Crippen LogP contribution in [0.4, 0.5) is 4.79 Å². The summed E-state index contributed by atoms with van der Waals surface area (Å²) in [7, 11) is 0.510. The maximum absolute atomic E-state index is 14.8. The molecule has 4 fully saturated rings. The summed E-state index contributed by atoms with van der Waals surface area (Å²) in [5.41, 5.74) is -2.20. The molecule has 57 heavy (non-hydrogen) atoms. The van der Waals surface area contributed by atoms with E-state index in [4.69, 9.17) is 51.5 Å². The number of hydrogen-bond acceptors (Lipinski definition) is 10. The van der Waals surface area contributed by atoms with E-state index >= 15 is 0 Å². The molecule has 0 aromatic heterocycles. The van der Waals surface area contributed by atoms with Gasteiger partial charge in [-0.05, 0) is 130 Å². The summed E-state index contributed by atoms with van der Waals surface area (Å²) in [5.74, 6) is -1.91. The molecule has 0 spiro atoms. The average Bonchev–Trinajstić information content (AvgIpc) is 3.41. The Morgan fingerprint density at radius 1 is 0.860 bits per heavy atom. The van der Waals surface area contributed by atoms with Gasteiger partial charge in [0.2, 0.25) is 5.91 Å². The van der Waals surface area contributed by atoms with E-state index in [1.807, 2.05) is 0 Å². The minimum Gasteiger partial charge on any atom is -0.496 e. The Kier molecular flexibility index (Phi) is 12.5. The van der Waals surface area contributed by atoms with Crippen LogP contribution in [-0.2, 0) is 34.7 Å². The second kappa shape index (κ2) is 15.9. The molecule has 15 heteroatoms. The quantitative estimate of drug-likeness (QED) is 0.136. The molecule has 6 rings (SSSR count). The van der Waals surface area contributed by atoms with E-state index in [0.717, 1.165) is 12.8 Å². The van der Waals surface area contributed by atoms with E-state index < -0.39 is 65.4 Å². The first kappa shape index (κ1) is 44.6. The molecule has 312 valence electrons. The van der Waals surface area contributed by atoms with Gasteiger partial charge in [0, 0.05) is 15.6 Å². The predicted molar refractivity (Wildman–Crippen MR) is 218 cm³/mol. The average molecular weight is 832 g/mol. The van der Waals surface area contributed by atoms with Crippen LogP contribution >= 0.6 is 23.2 Å². The number of para-hydroxylation sites is 1. The Balaban J connectivity index is 1.55. The molecule has 1 saturated heterocycles. The molecule has 2 unspecified atom stereocenters. The van der Waals surface area contributed by atoms with Gasteiger partial charge in [-0.3, -0.25) is 4.79 Å². The van der Waals surface area contributed by atoms with Gasteiger partial charge in [-0.25, -0.2) is 14.4 Å². The van der Waals surface area contributed by atoms with Crippen molar-refractivity contribution < 1.29 is 47.4 Å². The largest absolute Gasteiger partial charge is 0.496 e. The summed E-state index contributed by atoms with van der Waals surface area (Å²) in [5, 5.41) is 5.57. The Morgan fingerprint density at radius 3 is 1.98 bits per heavy atom. The van der Waals surface area contributed by atoms with Crippen LogP contribution in [0.5, 0.6) is 5.75 Å². The number of nitrogens with one attached hydrogen (secondary N) is 2. The van der Waals surface area contributed by atoms with E-state index in [9.17, 15) is 19.2 Å². The van der Waals surface area contributed by atoms with Gasteiger partial charge in [0.1, 0.15) is 34.2 Å². The summed E-state index contributed by atoms with van der Waals surface area (Å²) in [6, 6.07) is 6.26. The number of esters is 2. The maximum Gasteiger partial charge on any atom is 0.482 e. The third-order valence-corrected chi connectivity index (χ3v) is 11.5. The second-order valence-electron chi connectivity index (χ2n) is 19.1. The smallest absolute Gasteiger partial charge is 0.482 e. The zero-order chi connectivity index (χ0) is 42.6. The first-order valence-electron chi connectivity index (χ1n) is 19.4. The minimum atomic E-state index is -1.52. The molecule has 2 aromatic rings. The third-order valence-electron chi connectivity index (χ3n) is 10.9. The number of carbonyl (C=O) groups excluding carboxylic acids is 4. The molecule has 2 aromatic carbocycles. The van der Waals surface area contributed by atoms with Gasteiger partial charge < -0.3 is 38.9 Å². The van der Waals surface area contributed by atoms with Crippen LogP contribution in [0.3, 0.4) is 0 Å². The lowest BCUT2D eigenvalue weighted by atomic mass is 9.43. The first-order chi connectivity index (χ1) is 26.1. The number of hydrogen-bond donors (Lipinski definition) is 2. The van der Waals surface area contributed by atoms with Crippen LogP contribution in [0.15, 0.2) is 30.3 Å². The standard InChI is InChI=1S/C42H57BCl2N2O10/c1-38(2,3)53-35(49)23-17-26(44)31(27(45)18-23)32(47-37(51)55-40(7,8)9)34(48)46-30(43-56-29-21-24-20-28(41(24,10)11)42(29,12)57-43)19-22-15-14-16-25(33(22)52-13)36(50)54-39(4,5)6/h14-18,24,28-30,32H,19-21H2,1-13H3,(H,46,48)(H,47,51)/t24-,28-,29+,30?,32?,42-/m0/s1. The monoisotopic (exact) mass is 830 g/mol. The molecule has 0 radical (unpaired) electrons. The summed E-state index contributed by atoms with van der Waals surface area (Å²) >= 11 is 13.6. The van der Waals surface area contributed by atoms with E-state index in [2.05, 4.69) is 31.4 Å². The highest BCUT2D eigenvalue weighted by molar-refractivity contribution is 6.48. The molecule has 4 aliphatic rings. The first-order valence-corrected chi connectivity index (χ1v) is 20.1. The summed E-state index contributed by atoms with van der Waals surface area (Å²) in [6.45, 7) is 22.1. The van der Waals surface area contributed by atoms with Gasteiger partial charge >= 0.3 is 25.2 Å². The van der Waals surface area contributed by atoms with Crippen LogP contribution < -0.4 is 15.4 Å². The molecule has 6 atom stereocenters. The molecule has 3 aliphatic carbocycles. The van der Waals surface area contributed by atoms with Gasteiger partial charge in [-0.2, -0.15) is 0 Å². The van der Waals surface area contributed by atoms with Gasteiger partial charge in [0.25, 0.3) is 0 Å². The number of methoxy groups -OCH3 is 1. The number of halogens is 2. The zero-order valence-electron chi connectivity index (χ0n) is 35.3. The van der Waals surface area contributed by atoms with Crippen LogP contribution in [0.1, 0.15) is 134 Å². The Bertz CT molecular complexity index is 1880. The lowest BCUT2D eigenvalue weighted by Gasteiger charge is -2.64. The lowest BCUT2D eigenvalue weighted by molar-refractivity contribution is -0.199. The molecule has 2 bridgehead atoms. The fraction of sp³-hybridized carbons (Fsp3) is 0.619. The summed E-state index contributed by atoms with van der Waals surface area (Å²) in [6.07, 6.45) is 0.745. The van der Waals surface area contributed by atoms with Crippen LogP contribution in [0.2, 0.25) is 10.0 Å². The normalized spacial score (nSPS) is 23.6. The van der Waals surface area contributed by atoms with E-state index in [1.54, 1.807) is 80.5 Å². The lowest BCUT2D eigenvalue weighted by Crippen LogP contribution is -2.65. The van der Waals surface area contributed by atoms with Crippen molar-refractivity contribution in [3.63, 3.8) is 0 Å². The highest BCUT2D eigenvalue weighted by atomic mass is 35.5.